The molecule has 1 heterocycles. The van der Waals surface area contributed by atoms with Gasteiger partial charge in [-0.2, -0.15) is 0 Å². The average molecular weight is 155 g/mol. The molecule has 1 fully saturated rings. The van der Waals surface area contributed by atoms with Crippen molar-refractivity contribution in [1.82, 2.24) is 5.32 Å². The second kappa shape index (κ2) is 4.10. The SMILES string of the molecule is CC(C)C1CCNCCC1C. The van der Waals surface area contributed by atoms with Gasteiger partial charge in [-0.25, -0.2) is 0 Å². The number of rotatable bonds is 1. The van der Waals surface area contributed by atoms with Crippen molar-refractivity contribution in [3.05, 3.63) is 0 Å². The molecular formula is C10H21N. The topological polar surface area (TPSA) is 12.0 Å². The van der Waals surface area contributed by atoms with E-state index in [4.69, 9.17) is 0 Å². The minimum atomic E-state index is 0.866. The third-order valence-electron chi connectivity index (χ3n) is 3.02. The summed E-state index contributed by atoms with van der Waals surface area (Å²) in [6.45, 7) is 9.56. The van der Waals surface area contributed by atoms with E-state index in [0.717, 1.165) is 17.8 Å². The van der Waals surface area contributed by atoms with Crippen molar-refractivity contribution in [1.29, 1.82) is 0 Å². The number of hydrogen-bond donors (Lipinski definition) is 1. The Hall–Kier alpha value is -0.0400. The largest absolute Gasteiger partial charge is 0.317 e. The van der Waals surface area contributed by atoms with E-state index in [-0.39, 0.29) is 0 Å². The predicted molar refractivity (Wildman–Crippen MR) is 49.6 cm³/mol. The monoisotopic (exact) mass is 155 g/mol. The first-order chi connectivity index (χ1) is 5.22. The summed E-state index contributed by atoms with van der Waals surface area (Å²) in [6.07, 6.45) is 2.74. The molecule has 1 rings (SSSR count). The highest BCUT2D eigenvalue weighted by Gasteiger charge is 2.21. The van der Waals surface area contributed by atoms with Crippen LogP contribution in [0.25, 0.3) is 0 Å². The first kappa shape index (κ1) is 9.05. The zero-order valence-electron chi connectivity index (χ0n) is 8.06. The van der Waals surface area contributed by atoms with Crippen LogP contribution in [0.5, 0.6) is 0 Å². The van der Waals surface area contributed by atoms with Gasteiger partial charge < -0.3 is 5.32 Å². The Balaban J connectivity index is 2.45. The second-order valence-electron chi connectivity index (χ2n) is 4.21. The molecule has 0 bridgehead atoms. The van der Waals surface area contributed by atoms with Crippen LogP contribution in [0.3, 0.4) is 0 Å². The minimum absolute atomic E-state index is 0.866. The van der Waals surface area contributed by atoms with Gasteiger partial charge >= 0.3 is 0 Å². The van der Waals surface area contributed by atoms with Crippen LogP contribution in [-0.2, 0) is 0 Å². The van der Waals surface area contributed by atoms with E-state index in [1.165, 1.54) is 25.9 Å². The van der Waals surface area contributed by atoms with E-state index in [1.54, 1.807) is 0 Å². The lowest BCUT2D eigenvalue weighted by molar-refractivity contribution is 0.262. The molecule has 2 atom stereocenters. The second-order valence-corrected chi connectivity index (χ2v) is 4.21. The zero-order valence-corrected chi connectivity index (χ0v) is 8.06. The molecule has 0 aromatic rings. The zero-order chi connectivity index (χ0) is 8.27. The molecule has 1 aliphatic rings. The Bertz CT molecular complexity index is 109. The quantitative estimate of drug-likeness (QED) is 0.612. The highest BCUT2D eigenvalue weighted by molar-refractivity contribution is 4.74. The third-order valence-corrected chi connectivity index (χ3v) is 3.02. The van der Waals surface area contributed by atoms with Crippen molar-refractivity contribution in [2.24, 2.45) is 17.8 Å². The van der Waals surface area contributed by atoms with E-state index in [9.17, 15) is 0 Å². The molecule has 0 aromatic carbocycles. The summed E-state index contributed by atoms with van der Waals surface area (Å²) < 4.78 is 0. The predicted octanol–water partition coefficient (Wildman–Crippen LogP) is 2.28. The van der Waals surface area contributed by atoms with Gasteiger partial charge in [0.15, 0.2) is 0 Å². The Morgan fingerprint density at radius 2 is 1.82 bits per heavy atom. The maximum Gasteiger partial charge on any atom is -0.00461 e. The molecule has 1 aliphatic heterocycles. The standard InChI is InChI=1S/C10H21N/c1-8(2)10-5-7-11-6-4-9(10)3/h8-11H,4-7H2,1-3H3. The lowest BCUT2D eigenvalue weighted by Crippen LogP contribution is -2.17. The molecular weight excluding hydrogens is 134 g/mol. The summed E-state index contributed by atoms with van der Waals surface area (Å²) in [4.78, 5) is 0. The fourth-order valence-electron chi connectivity index (χ4n) is 2.21. The van der Waals surface area contributed by atoms with Crippen LogP contribution in [-0.4, -0.2) is 13.1 Å². The van der Waals surface area contributed by atoms with Gasteiger partial charge in [-0.1, -0.05) is 20.8 Å². The molecule has 1 saturated heterocycles. The molecule has 1 N–H and O–H groups in total. The first-order valence-corrected chi connectivity index (χ1v) is 4.92. The van der Waals surface area contributed by atoms with Crippen LogP contribution in [0.2, 0.25) is 0 Å². The van der Waals surface area contributed by atoms with Crippen LogP contribution in [0, 0.1) is 17.8 Å². The Kier molecular flexibility index (Phi) is 3.38. The molecule has 1 nitrogen and oxygen atoms in total. The Morgan fingerprint density at radius 1 is 1.18 bits per heavy atom. The van der Waals surface area contributed by atoms with Crippen molar-refractivity contribution in [3.63, 3.8) is 0 Å². The van der Waals surface area contributed by atoms with Gasteiger partial charge in [0, 0.05) is 0 Å². The Morgan fingerprint density at radius 3 is 2.45 bits per heavy atom. The molecule has 0 saturated carbocycles. The van der Waals surface area contributed by atoms with E-state index in [0.29, 0.717) is 0 Å². The van der Waals surface area contributed by atoms with Crippen molar-refractivity contribution >= 4 is 0 Å². The van der Waals surface area contributed by atoms with E-state index in [2.05, 4.69) is 26.1 Å². The van der Waals surface area contributed by atoms with Gasteiger partial charge in [0.25, 0.3) is 0 Å². The minimum Gasteiger partial charge on any atom is -0.317 e. The highest BCUT2D eigenvalue weighted by Crippen LogP contribution is 2.27. The van der Waals surface area contributed by atoms with Crippen molar-refractivity contribution in [3.8, 4) is 0 Å². The molecule has 11 heavy (non-hydrogen) atoms. The Labute approximate surface area is 70.6 Å². The fourth-order valence-corrected chi connectivity index (χ4v) is 2.21. The lowest BCUT2D eigenvalue weighted by Gasteiger charge is -2.24. The first-order valence-electron chi connectivity index (χ1n) is 4.92. The van der Waals surface area contributed by atoms with Crippen LogP contribution >= 0.6 is 0 Å². The van der Waals surface area contributed by atoms with Crippen molar-refractivity contribution < 1.29 is 0 Å². The van der Waals surface area contributed by atoms with Crippen molar-refractivity contribution in [2.75, 3.05) is 13.1 Å². The van der Waals surface area contributed by atoms with Crippen molar-refractivity contribution in [2.45, 2.75) is 33.6 Å². The summed E-state index contributed by atoms with van der Waals surface area (Å²) in [5, 5.41) is 3.46. The molecule has 0 aromatic heterocycles. The van der Waals surface area contributed by atoms with Gasteiger partial charge in [-0.15, -0.1) is 0 Å². The molecule has 0 spiro atoms. The van der Waals surface area contributed by atoms with Gasteiger partial charge in [-0.3, -0.25) is 0 Å². The summed E-state index contributed by atoms with van der Waals surface area (Å²) in [5.41, 5.74) is 0. The molecule has 0 amide bonds. The van der Waals surface area contributed by atoms with E-state index >= 15 is 0 Å². The van der Waals surface area contributed by atoms with Crippen LogP contribution < -0.4 is 5.32 Å². The smallest absolute Gasteiger partial charge is 0.00461 e. The van der Waals surface area contributed by atoms with E-state index in [1.807, 2.05) is 0 Å². The molecule has 66 valence electrons. The summed E-state index contributed by atoms with van der Waals surface area (Å²) in [7, 11) is 0. The maximum atomic E-state index is 3.46. The highest BCUT2D eigenvalue weighted by atomic mass is 14.9. The summed E-state index contributed by atoms with van der Waals surface area (Å²) in [6, 6.07) is 0. The molecule has 2 unspecified atom stereocenters. The lowest BCUT2D eigenvalue weighted by atomic mass is 9.81. The fraction of sp³-hybridized carbons (Fsp3) is 1.00. The van der Waals surface area contributed by atoms with Crippen LogP contribution in [0.1, 0.15) is 33.6 Å². The normalized spacial score (nSPS) is 33.8. The number of hydrogen-bond acceptors (Lipinski definition) is 1. The van der Waals surface area contributed by atoms with Crippen LogP contribution in [0.15, 0.2) is 0 Å². The van der Waals surface area contributed by atoms with Crippen LogP contribution in [0.4, 0.5) is 0 Å². The molecule has 0 aliphatic carbocycles. The molecule has 1 heteroatoms. The van der Waals surface area contributed by atoms with E-state index < -0.39 is 0 Å². The maximum absolute atomic E-state index is 3.46. The summed E-state index contributed by atoms with van der Waals surface area (Å²) >= 11 is 0. The average Bonchev–Trinajstić information content (AvgIpc) is 2.13. The number of nitrogens with one attached hydrogen (secondary N) is 1. The van der Waals surface area contributed by atoms with Gasteiger partial charge in [-0.05, 0) is 43.7 Å². The third kappa shape index (κ3) is 2.48. The van der Waals surface area contributed by atoms with Gasteiger partial charge in [0.1, 0.15) is 0 Å². The van der Waals surface area contributed by atoms with Gasteiger partial charge in [0.2, 0.25) is 0 Å². The van der Waals surface area contributed by atoms with Gasteiger partial charge in [0.05, 0.1) is 0 Å². The summed E-state index contributed by atoms with van der Waals surface area (Å²) in [5.74, 6) is 2.74. The molecule has 0 radical (unpaired) electrons.